The lowest BCUT2D eigenvalue weighted by Gasteiger charge is -2.09. The van der Waals surface area contributed by atoms with Gasteiger partial charge in [-0.2, -0.15) is 0 Å². The van der Waals surface area contributed by atoms with E-state index < -0.39 is 0 Å². The Kier molecular flexibility index (Phi) is 7.48. The van der Waals surface area contributed by atoms with Gasteiger partial charge in [0.15, 0.2) is 6.61 Å². The molecular formula is C20H22ClNO4. The molecule has 0 saturated carbocycles. The van der Waals surface area contributed by atoms with Crippen molar-refractivity contribution in [3.8, 4) is 5.75 Å². The number of carbonyl (C=O) groups excluding carboxylic acids is 2. The van der Waals surface area contributed by atoms with Crippen LogP contribution in [0.2, 0.25) is 5.02 Å². The van der Waals surface area contributed by atoms with Crippen LogP contribution in [0.3, 0.4) is 0 Å². The molecule has 0 heterocycles. The number of ether oxygens (including phenoxy) is 2. The summed E-state index contributed by atoms with van der Waals surface area (Å²) in [5.41, 5.74) is 1.03. The summed E-state index contributed by atoms with van der Waals surface area (Å²) in [6.07, 6.45) is 0.827. The fourth-order valence-electron chi connectivity index (χ4n) is 2.04. The summed E-state index contributed by atoms with van der Waals surface area (Å²) >= 11 is 5.79. The predicted molar refractivity (Wildman–Crippen MR) is 102 cm³/mol. The molecule has 1 amide bonds. The number of nitrogens with one attached hydrogen (secondary N) is 1. The molecule has 0 saturated heterocycles. The van der Waals surface area contributed by atoms with Crippen LogP contribution in [-0.2, 0) is 9.53 Å². The lowest BCUT2D eigenvalue weighted by Crippen LogP contribution is -2.20. The van der Waals surface area contributed by atoms with Gasteiger partial charge in [-0.05, 0) is 60.9 Å². The third-order valence-corrected chi connectivity index (χ3v) is 3.77. The van der Waals surface area contributed by atoms with Crippen LogP contribution >= 0.6 is 11.6 Å². The summed E-state index contributed by atoms with van der Waals surface area (Å²) in [5, 5.41) is 3.31. The zero-order chi connectivity index (χ0) is 18.9. The Morgan fingerprint density at radius 2 is 1.69 bits per heavy atom. The Bertz CT molecular complexity index is 726. The van der Waals surface area contributed by atoms with Crippen LogP contribution in [0.4, 0.5) is 5.69 Å². The van der Waals surface area contributed by atoms with E-state index in [2.05, 4.69) is 19.2 Å². The number of rotatable bonds is 8. The van der Waals surface area contributed by atoms with E-state index in [1.165, 1.54) is 0 Å². The summed E-state index contributed by atoms with van der Waals surface area (Å²) in [7, 11) is 0. The quantitative estimate of drug-likeness (QED) is 0.687. The molecule has 0 bridgehead atoms. The number of benzene rings is 2. The predicted octanol–water partition coefficient (Wildman–Crippen LogP) is 4.56. The first-order chi connectivity index (χ1) is 12.4. The molecule has 5 nitrogen and oxygen atoms in total. The normalized spacial score (nSPS) is 10.5. The third-order valence-electron chi connectivity index (χ3n) is 3.52. The van der Waals surface area contributed by atoms with E-state index in [1.54, 1.807) is 48.5 Å². The number of amides is 1. The molecule has 26 heavy (non-hydrogen) atoms. The molecule has 2 aromatic carbocycles. The average molecular weight is 376 g/mol. The summed E-state index contributed by atoms with van der Waals surface area (Å²) in [4.78, 5) is 23.8. The van der Waals surface area contributed by atoms with Gasteiger partial charge in [0.1, 0.15) is 5.75 Å². The number of hydrogen-bond donors (Lipinski definition) is 1. The van der Waals surface area contributed by atoms with E-state index in [0.717, 1.165) is 6.42 Å². The number of anilines is 1. The van der Waals surface area contributed by atoms with E-state index in [0.29, 0.717) is 34.5 Å². The summed E-state index contributed by atoms with van der Waals surface area (Å²) in [6.45, 7) is 4.42. The molecule has 0 atom stereocenters. The van der Waals surface area contributed by atoms with Crippen molar-refractivity contribution in [1.29, 1.82) is 0 Å². The SMILES string of the molecule is CC(C)CCOC(=O)c1ccc(NC(=O)COc2ccc(Cl)cc2)cc1. The van der Waals surface area contributed by atoms with Crippen molar-refractivity contribution >= 4 is 29.2 Å². The fraction of sp³-hybridized carbons (Fsp3) is 0.300. The van der Waals surface area contributed by atoms with Crippen LogP contribution in [0.15, 0.2) is 48.5 Å². The van der Waals surface area contributed by atoms with Gasteiger partial charge in [-0.1, -0.05) is 25.4 Å². The minimum absolute atomic E-state index is 0.124. The molecule has 0 radical (unpaired) electrons. The van der Waals surface area contributed by atoms with Gasteiger partial charge in [0.2, 0.25) is 0 Å². The second-order valence-corrected chi connectivity index (χ2v) is 6.62. The number of esters is 1. The van der Waals surface area contributed by atoms with Gasteiger partial charge in [-0.3, -0.25) is 4.79 Å². The highest BCUT2D eigenvalue weighted by Gasteiger charge is 2.09. The smallest absolute Gasteiger partial charge is 0.338 e. The molecule has 0 aliphatic rings. The molecule has 0 aliphatic heterocycles. The van der Waals surface area contributed by atoms with E-state index in [4.69, 9.17) is 21.1 Å². The molecule has 2 aromatic rings. The van der Waals surface area contributed by atoms with Gasteiger partial charge in [0.25, 0.3) is 5.91 Å². The van der Waals surface area contributed by atoms with Crippen LogP contribution < -0.4 is 10.1 Å². The van der Waals surface area contributed by atoms with Crippen LogP contribution in [0.5, 0.6) is 5.75 Å². The first-order valence-electron chi connectivity index (χ1n) is 8.39. The van der Waals surface area contributed by atoms with Gasteiger partial charge in [0, 0.05) is 10.7 Å². The fourth-order valence-corrected chi connectivity index (χ4v) is 2.16. The van der Waals surface area contributed by atoms with Crippen molar-refractivity contribution in [3.05, 3.63) is 59.1 Å². The minimum atomic E-state index is -0.366. The molecule has 0 spiro atoms. The van der Waals surface area contributed by atoms with Crippen molar-refractivity contribution in [2.75, 3.05) is 18.5 Å². The van der Waals surface area contributed by atoms with Crippen LogP contribution in [0.1, 0.15) is 30.6 Å². The van der Waals surface area contributed by atoms with Gasteiger partial charge >= 0.3 is 5.97 Å². The van der Waals surface area contributed by atoms with Crippen LogP contribution in [0.25, 0.3) is 0 Å². The average Bonchev–Trinajstić information content (AvgIpc) is 2.61. The monoisotopic (exact) mass is 375 g/mol. The van der Waals surface area contributed by atoms with E-state index in [9.17, 15) is 9.59 Å². The topological polar surface area (TPSA) is 64.6 Å². The zero-order valence-electron chi connectivity index (χ0n) is 14.8. The minimum Gasteiger partial charge on any atom is -0.484 e. The molecule has 0 fully saturated rings. The van der Waals surface area contributed by atoms with E-state index in [-0.39, 0.29) is 18.5 Å². The lowest BCUT2D eigenvalue weighted by atomic mass is 10.1. The first kappa shape index (κ1) is 19.8. The van der Waals surface area contributed by atoms with Gasteiger partial charge in [-0.25, -0.2) is 4.79 Å². The molecule has 138 valence electrons. The number of halogens is 1. The highest BCUT2D eigenvalue weighted by molar-refractivity contribution is 6.30. The van der Waals surface area contributed by atoms with Crippen molar-refractivity contribution in [2.24, 2.45) is 5.92 Å². The van der Waals surface area contributed by atoms with Crippen LogP contribution in [-0.4, -0.2) is 25.1 Å². The molecule has 2 rings (SSSR count). The Labute approximate surface area is 158 Å². The van der Waals surface area contributed by atoms with Gasteiger partial charge in [-0.15, -0.1) is 0 Å². The standard InChI is InChI=1S/C20H22ClNO4/c1-14(2)11-12-25-20(24)15-3-7-17(8-4-15)22-19(23)13-26-18-9-5-16(21)6-10-18/h3-10,14H,11-13H2,1-2H3,(H,22,23). The highest BCUT2D eigenvalue weighted by Crippen LogP contribution is 2.16. The maximum absolute atomic E-state index is 11.9. The van der Waals surface area contributed by atoms with E-state index >= 15 is 0 Å². The molecule has 1 N–H and O–H groups in total. The van der Waals surface area contributed by atoms with Gasteiger partial charge in [0.05, 0.1) is 12.2 Å². The van der Waals surface area contributed by atoms with Crippen molar-refractivity contribution < 1.29 is 19.1 Å². The Morgan fingerprint density at radius 1 is 1.04 bits per heavy atom. The number of hydrogen-bond acceptors (Lipinski definition) is 4. The number of carbonyl (C=O) groups is 2. The van der Waals surface area contributed by atoms with E-state index in [1.807, 2.05) is 0 Å². The van der Waals surface area contributed by atoms with Crippen molar-refractivity contribution in [3.63, 3.8) is 0 Å². The third kappa shape index (κ3) is 6.76. The van der Waals surface area contributed by atoms with Crippen molar-refractivity contribution in [1.82, 2.24) is 0 Å². The molecule has 0 aliphatic carbocycles. The summed E-state index contributed by atoms with van der Waals surface area (Å²) in [6, 6.07) is 13.3. The Morgan fingerprint density at radius 3 is 2.31 bits per heavy atom. The molecular weight excluding hydrogens is 354 g/mol. The summed E-state index contributed by atoms with van der Waals surface area (Å²) < 4.78 is 10.6. The molecule has 0 aromatic heterocycles. The molecule has 6 heteroatoms. The second kappa shape index (κ2) is 9.82. The lowest BCUT2D eigenvalue weighted by molar-refractivity contribution is -0.118. The summed E-state index contributed by atoms with van der Waals surface area (Å²) in [5.74, 6) is 0.376. The second-order valence-electron chi connectivity index (χ2n) is 6.19. The zero-order valence-corrected chi connectivity index (χ0v) is 15.6. The van der Waals surface area contributed by atoms with Gasteiger partial charge < -0.3 is 14.8 Å². The Hall–Kier alpha value is -2.53. The molecule has 0 unspecified atom stereocenters. The maximum Gasteiger partial charge on any atom is 0.338 e. The maximum atomic E-state index is 11.9. The Balaban J connectivity index is 1.79. The highest BCUT2D eigenvalue weighted by atomic mass is 35.5. The van der Waals surface area contributed by atoms with Crippen molar-refractivity contribution in [2.45, 2.75) is 20.3 Å². The largest absolute Gasteiger partial charge is 0.484 e. The van der Waals surface area contributed by atoms with Crippen LogP contribution in [0, 0.1) is 5.92 Å². The first-order valence-corrected chi connectivity index (χ1v) is 8.77.